The summed E-state index contributed by atoms with van der Waals surface area (Å²) in [6, 6.07) is 22.2. The van der Waals surface area contributed by atoms with Crippen LogP contribution >= 0.6 is 0 Å². The standard InChI is InChI=1S/C25H28FNO3/c1-19-7-3-6-10-25(19)30-18-22(28)17-27(16-21-8-4-5-9-24(21)26)15-20-11-13-23(29-2)14-12-20/h3-14,22,28H,15-18H2,1-2H3/t22-/m0/s1. The highest BCUT2D eigenvalue weighted by molar-refractivity contribution is 5.31. The smallest absolute Gasteiger partial charge is 0.127 e. The van der Waals surface area contributed by atoms with Crippen LogP contribution in [0, 0.1) is 12.7 Å². The number of benzene rings is 3. The Morgan fingerprint density at radius 1 is 0.933 bits per heavy atom. The Kier molecular flexibility index (Phi) is 7.82. The Balaban J connectivity index is 1.67. The SMILES string of the molecule is COc1ccc(CN(Cc2ccccc2F)C[C@H](O)COc2ccccc2C)cc1. The van der Waals surface area contributed by atoms with Crippen molar-refractivity contribution in [2.75, 3.05) is 20.3 Å². The molecule has 158 valence electrons. The summed E-state index contributed by atoms with van der Waals surface area (Å²) in [5.74, 6) is 1.29. The van der Waals surface area contributed by atoms with Crippen molar-refractivity contribution in [1.82, 2.24) is 4.90 Å². The lowest BCUT2D eigenvalue weighted by molar-refractivity contribution is 0.0622. The zero-order valence-electron chi connectivity index (χ0n) is 17.4. The predicted octanol–water partition coefficient (Wildman–Crippen LogP) is 4.58. The number of hydrogen-bond donors (Lipinski definition) is 1. The van der Waals surface area contributed by atoms with E-state index >= 15 is 0 Å². The minimum absolute atomic E-state index is 0.168. The minimum atomic E-state index is -0.713. The molecule has 0 aliphatic rings. The van der Waals surface area contributed by atoms with Gasteiger partial charge in [0.2, 0.25) is 0 Å². The number of nitrogens with zero attached hydrogens (tertiary/aromatic N) is 1. The molecular formula is C25H28FNO3. The maximum atomic E-state index is 14.2. The summed E-state index contributed by atoms with van der Waals surface area (Å²) < 4.78 is 25.2. The highest BCUT2D eigenvalue weighted by Crippen LogP contribution is 2.18. The van der Waals surface area contributed by atoms with E-state index in [0.717, 1.165) is 22.6 Å². The third-order valence-corrected chi connectivity index (χ3v) is 4.91. The second-order valence-corrected chi connectivity index (χ2v) is 7.34. The first kappa shape index (κ1) is 21.8. The largest absolute Gasteiger partial charge is 0.497 e. The number of aliphatic hydroxyl groups is 1. The third-order valence-electron chi connectivity index (χ3n) is 4.91. The fourth-order valence-corrected chi connectivity index (χ4v) is 3.30. The number of aliphatic hydroxyl groups excluding tert-OH is 1. The van der Waals surface area contributed by atoms with Gasteiger partial charge < -0.3 is 14.6 Å². The van der Waals surface area contributed by atoms with E-state index < -0.39 is 6.10 Å². The van der Waals surface area contributed by atoms with Gasteiger partial charge in [0.15, 0.2) is 0 Å². The van der Waals surface area contributed by atoms with E-state index in [9.17, 15) is 9.50 Å². The molecule has 0 fully saturated rings. The Hall–Kier alpha value is -2.89. The Morgan fingerprint density at radius 2 is 1.63 bits per heavy atom. The van der Waals surface area contributed by atoms with Gasteiger partial charge in [0, 0.05) is 25.2 Å². The van der Waals surface area contributed by atoms with E-state index in [1.54, 1.807) is 19.2 Å². The number of aryl methyl sites for hydroxylation is 1. The van der Waals surface area contributed by atoms with Crippen molar-refractivity contribution in [2.45, 2.75) is 26.1 Å². The molecule has 0 aliphatic heterocycles. The van der Waals surface area contributed by atoms with Crippen molar-refractivity contribution in [1.29, 1.82) is 0 Å². The van der Waals surface area contributed by atoms with Crippen LogP contribution in [-0.2, 0) is 13.1 Å². The summed E-state index contributed by atoms with van der Waals surface area (Å²) in [6.07, 6.45) is -0.713. The van der Waals surface area contributed by atoms with E-state index in [1.165, 1.54) is 6.07 Å². The molecule has 5 heteroatoms. The highest BCUT2D eigenvalue weighted by Gasteiger charge is 2.16. The normalized spacial score (nSPS) is 12.0. The molecule has 0 bridgehead atoms. The van der Waals surface area contributed by atoms with Crippen molar-refractivity contribution in [3.63, 3.8) is 0 Å². The van der Waals surface area contributed by atoms with Gasteiger partial charge in [-0.2, -0.15) is 0 Å². The lowest BCUT2D eigenvalue weighted by Gasteiger charge is -2.26. The second-order valence-electron chi connectivity index (χ2n) is 7.34. The summed E-state index contributed by atoms with van der Waals surface area (Å²) in [4.78, 5) is 2.02. The van der Waals surface area contributed by atoms with Crippen LogP contribution in [0.2, 0.25) is 0 Å². The molecule has 0 amide bonds. The van der Waals surface area contributed by atoms with Gasteiger partial charge in [-0.1, -0.05) is 48.5 Å². The average molecular weight is 410 g/mol. The molecule has 0 radical (unpaired) electrons. The Morgan fingerprint density at radius 3 is 2.33 bits per heavy atom. The number of methoxy groups -OCH3 is 1. The molecule has 0 saturated carbocycles. The van der Waals surface area contributed by atoms with E-state index in [1.807, 2.05) is 66.4 Å². The predicted molar refractivity (Wildman–Crippen MR) is 116 cm³/mol. The first-order chi connectivity index (χ1) is 14.5. The van der Waals surface area contributed by atoms with Crippen LogP contribution < -0.4 is 9.47 Å². The number of rotatable bonds is 10. The molecule has 3 aromatic carbocycles. The fourth-order valence-electron chi connectivity index (χ4n) is 3.30. The van der Waals surface area contributed by atoms with Crippen LogP contribution in [-0.4, -0.2) is 36.4 Å². The topological polar surface area (TPSA) is 41.9 Å². The van der Waals surface area contributed by atoms with Gasteiger partial charge in [-0.05, 0) is 42.3 Å². The molecule has 0 saturated heterocycles. The van der Waals surface area contributed by atoms with Crippen LogP contribution in [0.3, 0.4) is 0 Å². The molecule has 30 heavy (non-hydrogen) atoms. The highest BCUT2D eigenvalue weighted by atomic mass is 19.1. The Labute approximate surface area is 177 Å². The summed E-state index contributed by atoms with van der Waals surface area (Å²) in [7, 11) is 1.63. The molecule has 1 N–H and O–H groups in total. The second kappa shape index (κ2) is 10.8. The van der Waals surface area contributed by atoms with Crippen molar-refractivity contribution < 1.29 is 19.0 Å². The maximum absolute atomic E-state index is 14.2. The molecule has 1 atom stereocenters. The van der Waals surface area contributed by atoms with Crippen LogP contribution in [0.25, 0.3) is 0 Å². The number of ether oxygens (including phenoxy) is 2. The third kappa shape index (κ3) is 6.31. The molecule has 0 aromatic heterocycles. The fraction of sp³-hybridized carbons (Fsp3) is 0.280. The first-order valence-electron chi connectivity index (χ1n) is 10.0. The zero-order chi connectivity index (χ0) is 21.3. The number of para-hydroxylation sites is 1. The summed E-state index contributed by atoms with van der Waals surface area (Å²) in [5.41, 5.74) is 2.67. The van der Waals surface area contributed by atoms with Crippen LogP contribution in [0.15, 0.2) is 72.8 Å². The maximum Gasteiger partial charge on any atom is 0.127 e. The minimum Gasteiger partial charge on any atom is -0.497 e. The quantitative estimate of drug-likeness (QED) is 0.532. The van der Waals surface area contributed by atoms with E-state index in [2.05, 4.69) is 0 Å². The summed E-state index contributed by atoms with van der Waals surface area (Å²) in [5, 5.41) is 10.6. The van der Waals surface area contributed by atoms with Crippen molar-refractivity contribution >= 4 is 0 Å². The summed E-state index contributed by atoms with van der Waals surface area (Å²) >= 11 is 0. The monoisotopic (exact) mass is 409 g/mol. The number of halogens is 1. The van der Waals surface area contributed by atoms with Crippen LogP contribution in [0.1, 0.15) is 16.7 Å². The van der Waals surface area contributed by atoms with Gasteiger partial charge >= 0.3 is 0 Å². The lowest BCUT2D eigenvalue weighted by atomic mass is 10.1. The van der Waals surface area contributed by atoms with Crippen molar-refractivity contribution in [2.24, 2.45) is 0 Å². The van der Waals surface area contributed by atoms with Gasteiger partial charge in [0.05, 0.1) is 7.11 Å². The van der Waals surface area contributed by atoms with Crippen molar-refractivity contribution in [3.05, 3.63) is 95.3 Å². The molecule has 3 aromatic rings. The van der Waals surface area contributed by atoms with E-state index in [-0.39, 0.29) is 12.4 Å². The molecular weight excluding hydrogens is 381 g/mol. The molecule has 0 aliphatic carbocycles. The van der Waals surface area contributed by atoms with E-state index in [0.29, 0.717) is 25.2 Å². The molecule has 4 nitrogen and oxygen atoms in total. The van der Waals surface area contributed by atoms with Gasteiger partial charge in [0.1, 0.15) is 30.0 Å². The van der Waals surface area contributed by atoms with Gasteiger partial charge in [-0.15, -0.1) is 0 Å². The molecule has 0 unspecified atom stereocenters. The Bertz CT molecular complexity index is 930. The van der Waals surface area contributed by atoms with Gasteiger partial charge in [0.25, 0.3) is 0 Å². The van der Waals surface area contributed by atoms with Crippen molar-refractivity contribution in [3.8, 4) is 11.5 Å². The van der Waals surface area contributed by atoms with Crippen LogP contribution in [0.4, 0.5) is 4.39 Å². The number of hydrogen-bond acceptors (Lipinski definition) is 4. The zero-order valence-corrected chi connectivity index (χ0v) is 17.4. The average Bonchev–Trinajstić information content (AvgIpc) is 2.75. The van der Waals surface area contributed by atoms with Gasteiger partial charge in [-0.25, -0.2) is 4.39 Å². The molecule has 3 rings (SSSR count). The molecule has 0 spiro atoms. The molecule has 0 heterocycles. The summed E-state index contributed by atoms with van der Waals surface area (Å²) in [6.45, 7) is 3.45. The lowest BCUT2D eigenvalue weighted by Crippen LogP contribution is -2.35. The van der Waals surface area contributed by atoms with Crippen LogP contribution in [0.5, 0.6) is 11.5 Å². The van der Waals surface area contributed by atoms with Gasteiger partial charge in [-0.3, -0.25) is 4.90 Å². The van der Waals surface area contributed by atoms with E-state index in [4.69, 9.17) is 9.47 Å². The first-order valence-corrected chi connectivity index (χ1v) is 10.0.